The highest BCUT2D eigenvalue weighted by atomic mass is 14.1. The second-order valence-corrected chi connectivity index (χ2v) is 10.0. The SMILES string of the molecule is C=C(C)C.C=CC(C)C(C)/C=C(\C=C(\C)CC)c1ccccc1C.CCCCC.CCCCCC. The molecule has 0 aliphatic carbocycles. The summed E-state index contributed by atoms with van der Waals surface area (Å²) in [6.07, 6.45) is 17.5. The van der Waals surface area contributed by atoms with Crippen molar-refractivity contribution in [2.45, 2.75) is 128 Å². The number of allylic oxidation sites excluding steroid dienone is 6. The van der Waals surface area contributed by atoms with Crippen molar-refractivity contribution in [3.05, 3.63) is 77.9 Å². The Balaban J connectivity index is -0.000000555. The maximum absolute atomic E-state index is 3.91. The molecule has 0 N–H and O–H groups in total. The minimum absolute atomic E-state index is 0.489. The van der Waals surface area contributed by atoms with Crippen molar-refractivity contribution in [3.63, 3.8) is 0 Å². The van der Waals surface area contributed by atoms with Crippen molar-refractivity contribution in [2.24, 2.45) is 11.8 Å². The lowest BCUT2D eigenvalue weighted by Gasteiger charge is -2.15. The van der Waals surface area contributed by atoms with Crippen LogP contribution in [-0.4, -0.2) is 0 Å². The fourth-order valence-corrected chi connectivity index (χ4v) is 2.98. The van der Waals surface area contributed by atoms with E-state index in [9.17, 15) is 0 Å². The van der Waals surface area contributed by atoms with Crippen molar-refractivity contribution in [1.29, 1.82) is 0 Å². The van der Waals surface area contributed by atoms with Crippen molar-refractivity contribution in [1.82, 2.24) is 0 Å². The molecule has 0 aliphatic rings. The molecule has 202 valence electrons. The highest BCUT2D eigenvalue weighted by molar-refractivity contribution is 5.76. The molecule has 35 heavy (non-hydrogen) atoms. The predicted octanol–water partition coefficient (Wildman–Crippen LogP) is 12.6. The third-order valence-electron chi connectivity index (χ3n) is 5.72. The summed E-state index contributed by atoms with van der Waals surface area (Å²) in [4.78, 5) is 0. The molecule has 0 spiro atoms. The molecule has 0 fully saturated rings. The summed E-state index contributed by atoms with van der Waals surface area (Å²) in [5.41, 5.74) is 6.59. The van der Waals surface area contributed by atoms with Crippen LogP contribution in [-0.2, 0) is 0 Å². The van der Waals surface area contributed by atoms with E-state index in [1.165, 1.54) is 72.8 Å². The van der Waals surface area contributed by atoms with E-state index in [0.29, 0.717) is 11.8 Å². The molecule has 0 aromatic heterocycles. The first-order chi connectivity index (χ1) is 16.6. The van der Waals surface area contributed by atoms with Gasteiger partial charge in [0, 0.05) is 0 Å². The average molecular weight is 483 g/mol. The van der Waals surface area contributed by atoms with Crippen LogP contribution in [0.4, 0.5) is 0 Å². The van der Waals surface area contributed by atoms with E-state index in [1.54, 1.807) is 0 Å². The molecular weight excluding hydrogens is 420 g/mol. The fourth-order valence-electron chi connectivity index (χ4n) is 2.98. The Kier molecular flexibility index (Phi) is 28.9. The van der Waals surface area contributed by atoms with Crippen LogP contribution in [0.2, 0.25) is 0 Å². The van der Waals surface area contributed by atoms with Crippen molar-refractivity contribution < 1.29 is 0 Å². The van der Waals surface area contributed by atoms with Gasteiger partial charge in [-0.15, -0.1) is 13.2 Å². The van der Waals surface area contributed by atoms with Gasteiger partial charge in [-0.3, -0.25) is 0 Å². The van der Waals surface area contributed by atoms with Crippen LogP contribution in [0.1, 0.15) is 132 Å². The first kappa shape index (κ1) is 37.7. The highest BCUT2D eigenvalue weighted by Crippen LogP contribution is 2.26. The molecule has 0 saturated heterocycles. The van der Waals surface area contributed by atoms with E-state index in [0.717, 1.165) is 6.42 Å². The van der Waals surface area contributed by atoms with Crippen LogP contribution in [0.15, 0.2) is 66.8 Å². The van der Waals surface area contributed by atoms with Crippen LogP contribution in [0.5, 0.6) is 0 Å². The minimum atomic E-state index is 0.489. The summed E-state index contributed by atoms with van der Waals surface area (Å²) in [6.45, 7) is 31.4. The van der Waals surface area contributed by atoms with E-state index in [-0.39, 0.29) is 0 Å². The molecule has 0 radical (unpaired) electrons. The molecule has 2 atom stereocenters. The molecule has 2 unspecified atom stereocenters. The van der Waals surface area contributed by atoms with Gasteiger partial charge in [0.25, 0.3) is 0 Å². The number of benzene rings is 1. The zero-order valence-corrected chi connectivity index (χ0v) is 25.8. The molecule has 0 heterocycles. The normalized spacial score (nSPS) is 12.5. The first-order valence-electron chi connectivity index (χ1n) is 14.2. The van der Waals surface area contributed by atoms with Gasteiger partial charge in [0.05, 0.1) is 0 Å². The van der Waals surface area contributed by atoms with Crippen molar-refractivity contribution in [2.75, 3.05) is 0 Å². The maximum atomic E-state index is 3.91. The molecule has 0 amide bonds. The van der Waals surface area contributed by atoms with Gasteiger partial charge in [-0.25, -0.2) is 0 Å². The van der Waals surface area contributed by atoms with Crippen LogP contribution in [0, 0.1) is 18.8 Å². The summed E-state index contributed by atoms with van der Waals surface area (Å²) >= 11 is 0. The number of unbranched alkanes of at least 4 members (excludes halogenated alkanes) is 5. The topological polar surface area (TPSA) is 0 Å². The third kappa shape index (κ3) is 25.1. The van der Waals surface area contributed by atoms with Gasteiger partial charge in [-0.1, -0.05) is 147 Å². The van der Waals surface area contributed by atoms with Gasteiger partial charge in [-0.05, 0) is 62.7 Å². The number of aryl methyl sites for hydroxylation is 1. The molecule has 0 heteroatoms. The van der Waals surface area contributed by atoms with Crippen molar-refractivity contribution in [3.8, 4) is 0 Å². The summed E-state index contributed by atoms with van der Waals surface area (Å²) in [5.74, 6) is 0.979. The number of hydrogen-bond donors (Lipinski definition) is 0. The molecular formula is C35H62. The molecule has 1 aromatic carbocycles. The minimum Gasteiger partial charge on any atom is -0.103 e. The van der Waals surface area contributed by atoms with Gasteiger partial charge in [-0.2, -0.15) is 0 Å². The summed E-state index contributed by atoms with van der Waals surface area (Å²) in [7, 11) is 0. The lowest BCUT2D eigenvalue weighted by Crippen LogP contribution is -2.02. The van der Waals surface area contributed by atoms with Crippen LogP contribution in [0.25, 0.3) is 5.57 Å². The lowest BCUT2D eigenvalue weighted by atomic mass is 9.90. The second kappa shape index (κ2) is 26.8. The highest BCUT2D eigenvalue weighted by Gasteiger charge is 2.09. The quantitative estimate of drug-likeness (QED) is 0.167. The Bertz CT molecular complexity index is 676. The van der Waals surface area contributed by atoms with E-state index in [1.807, 2.05) is 19.9 Å². The molecule has 1 rings (SSSR count). The Hall–Kier alpha value is -1.82. The molecule has 0 nitrogen and oxygen atoms in total. The molecule has 0 bridgehead atoms. The lowest BCUT2D eigenvalue weighted by molar-refractivity contribution is 0.560. The summed E-state index contributed by atoms with van der Waals surface area (Å²) in [5, 5.41) is 0. The zero-order valence-electron chi connectivity index (χ0n) is 25.8. The summed E-state index contributed by atoms with van der Waals surface area (Å²) < 4.78 is 0. The predicted molar refractivity (Wildman–Crippen MR) is 167 cm³/mol. The third-order valence-corrected chi connectivity index (χ3v) is 5.72. The Morgan fingerprint density at radius 3 is 1.60 bits per heavy atom. The van der Waals surface area contributed by atoms with Gasteiger partial charge < -0.3 is 0 Å². The van der Waals surface area contributed by atoms with Crippen molar-refractivity contribution >= 4 is 5.57 Å². The van der Waals surface area contributed by atoms with E-state index >= 15 is 0 Å². The fraction of sp³-hybridized carbons (Fsp3) is 0.600. The van der Waals surface area contributed by atoms with E-state index < -0.39 is 0 Å². The Morgan fingerprint density at radius 2 is 1.26 bits per heavy atom. The number of hydrogen-bond acceptors (Lipinski definition) is 0. The van der Waals surface area contributed by atoms with E-state index in [4.69, 9.17) is 0 Å². The van der Waals surface area contributed by atoms with E-state index in [2.05, 4.69) is 112 Å². The van der Waals surface area contributed by atoms with Crippen LogP contribution < -0.4 is 0 Å². The zero-order chi connectivity index (χ0) is 27.6. The Labute approximate surface area is 222 Å². The maximum Gasteiger partial charge on any atom is -0.0158 e. The van der Waals surface area contributed by atoms with Gasteiger partial charge in [0.2, 0.25) is 0 Å². The average Bonchev–Trinajstić information content (AvgIpc) is 2.82. The monoisotopic (exact) mass is 482 g/mol. The van der Waals surface area contributed by atoms with Crippen LogP contribution in [0.3, 0.4) is 0 Å². The molecule has 0 saturated carbocycles. The standard InChI is InChI=1S/C20H28.C6H14.C5H12.C4H8/c1-7-15(3)13-19(14-18(6)16(4)8-2)20-12-10-9-11-17(20)5;1-3-5-6-4-2;1-3-5-4-2;1-4(2)3/h8-14,16,18H,2,7H2,1,3-6H3;3-6H2,1-2H3;3-5H2,1-2H3;1H2,2-3H3/b15-13-,19-14+;;;. The largest absolute Gasteiger partial charge is 0.103 e. The Morgan fingerprint density at radius 1 is 0.800 bits per heavy atom. The summed E-state index contributed by atoms with van der Waals surface area (Å²) in [6, 6.07) is 8.61. The molecule has 0 aliphatic heterocycles. The van der Waals surface area contributed by atoms with Gasteiger partial charge in [0.15, 0.2) is 0 Å². The van der Waals surface area contributed by atoms with Crippen LogP contribution >= 0.6 is 0 Å². The smallest absolute Gasteiger partial charge is 0.0158 e. The van der Waals surface area contributed by atoms with Gasteiger partial charge >= 0.3 is 0 Å². The number of rotatable bonds is 11. The second-order valence-electron chi connectivity index (χ2n) is 10.0. The first-order valence-corrected chi connectivity index (χ1v) is 14.2. The van der Waals surface area contributed by atoms with Gasteiger partial charge in [0.1, 0.15) is 0 Å². The molecule has 1 aromatic rings.